The van der Waals surface area contributed by atoms with Gasteiger partial charge in [0.05, 0.1) is 11.4 Å². The Morgan fingerprint density at radius 2 is 1.78 bits per heavy atom. The maximum absolute atomic E-state index is 5.82. The van der Waals surface area contributed by atoms with E-state index in [4.69, 9.17) is 9.72 Å². The molecule has 2 aromatic heterocycles. The van der Waals surface area contributed by atoms with Gasteiger partial charge in [0.1, 0.15) is 17.4 Å². The van der Waals surface area contributed by atoms with Crippen LogP contribution in [0.25, 0.3) is 5.69 Å². The van der Waals surface area contributed by atoms with E-state index in [0.717, 1.165) is 52.1 Å². The molecule has 32 heavy (non-hydrogen) atoms. The average Bonchev–Trinajstić information content (AvgIpc) is 3.58. The summed E-state index contributed by atoms with van der Waals surface area (Å²) in [7, 11) is 0. The van der Waals surface area contributed by atoms with Crippen LogP contribution in [0.1, 0.15) is 29.1 Å². The number of aryl methyl sites for hydroxylation is 1. The first kappa shape index (κ1) is 21.0. The molecule has 0 atom stereocenters. The van der Waals surface area contributed by atoms with Crippen LogP contribution in [-0.4, -0.2) is 32.8 Å². The molecule has 0 amide bonds. The Kier molecular flexibility index (Phi) is 6.41. The van der Waals surface area contributed by atoms with Gasteiger partial charge in [-0.05, 0) is 44.0 Å². The molecule has 0 spiro atoms. The van der Waals surface area contributed by atoms with Crippen LogP contribution in [0.2, 0.25) is 0 Å². The van der Waals surface area contributed by atoms with Gasteiger partial charge in [-0.1, -0.05) is 47.7 Å². The van der Waals surface area contributed by atoms with Crippen molar-refractivity contribution in [1.82, 2.24) is 19.7 Å². The lowest BCUT2D eigenvalue weighted by Gasteiger charge is -2.18. The van der Waals surface area contributed by atoms with Crippen molar-refractivity contribution in [2.45, 2.75) is 37.3 Å². The Hall–Kier alpha value is -2.84. The van der Waals surface area contributed by atoms with Crippen LogP contribution < -0.4 is 9.64 Å². The number of ether oxygens (including phenoxy) is 1. The van der Waals surface area contributed by atoms with Gasteiger partial charge in [-0.3, -0.25) is 4.57 Å². The molecule has 1 aliphatic heterocycles. The fraction of sp³-hybridized carbons (Fsp3) is 0.292. The number of benzene rings is 2. The third-order valence-electron chi connectivity index (χ3n) is 5.35. The van der Waals surface area contributed by atoms with Crippen molar-refractivity contribution in [3.05, 3.63) is 76.2 Å². The molecule has 8 heteroatoms. The fourth-order valence-corrected chi connectivity index (χ4v) is 5.33. The van der Waals surface area contributed by atoms with E-state index in [1.165, 1.54) is 18.4 Å². The molecule has 0 N–H and O–H groups in total. The number of anilines is 1. The van der Waals surface area contributed by atoms with Crippen LogP contribution in [0.5, 0.6) is 5.75 Å². The summed E-state index contributed by atoms with van der Waals surface area (Å²) < 4.78 is 8.01. The van der Waals surface area contributed by atoms with Gasteiger partial charge in [-0.15, -0.1) is 21.5 Å². The van der Waals surface area contributed by atoms with Crippen LogP contribution in [0.15, 0.2) is 65.1 Å². The predicted molar refractivity (Wildman–Crippen MR) is 130 cm³/mol. The zero-order valence-electron chi connectivity index (χ0n) is 18.0. The number of hydrogen-bond acceptors (Lipinski definition) is 7. The standard InChI is InChI=1S/C24H25N5OS2/c1-18-9-11-20(12-10-18)29-23(28-13-5-6-14-28)26-27-24(29)32-17-19-16-31-22(25-19)15-30-21-7-3-2-4-8-21/h2-4,7-12,16H,5-6,13-15,17H2,1H3. The van der Waals surface area contributed by atoms with E-state index in [-0.39, 0.29) is 0 Å². The molecule has 0 radical (unpaired) electrons. The van der Waals surface area contributed by atoms with Crippen LogP contribution in [0.3, 0.4) is 0 Å². The zero-order valence-corrected chi connectivity index (χ0v) is 19.6. The molecule has 0 saturated carbocycles. The average molecular weight is 464 g/mol. The van der Waals surface area contributed by atoms with Crippen molar-refractivity contribution in [3.8, 4) is 11.4 Å². The molecular formula is C24H25N5OS2. The lowest BCUT2D eigenvalue weighted by molar-refractivity contribution is 0.305. The third kappa shape index (κ3) is 4.81. The number of thioether (sulfide) groups is 1. The number of rotatable bonds is 8. The van der Waals surface area contributed by atoms with Gasteiger partial charge in [-0.25, -0.2) is 4.98 Å². The summed E-state index contributed by atoms with van der Waals surface area (Å²) in [5.41, 5.74) is 3.37. The molecule has 3 heterocycles. The number of hydrogen-bond donors (Lipinski definition) is 0. The molecule has 0 unspecified atom stereocenters. The van der Waals surface area contributed by atoms with E-state index >= 15 is 0 Å². The molecule has 1 fully saturated rings. The molecule has 164 valence electrons. The summed E-state index contributed by atoms with van der Waals surface area (Å²) in [5, 5.41) is 13.1. The molecule has 1 saturated heterocycles. The summed E-state index contributed by atoms with van der Waals surface area (Å²) in [4.78, 5) is 7.08. The number of thiazole rings is 1. The van der Waals surface area contributed by atoms with Crippen LogP contribution in [0, 0.1) is 6.92 Å². The van der Waals surface area contributed by atoms with Gasteiger partial charge >= 0.3 is 0 Å². The predicted octanol–water partition coefficient (Wildman–Crippen LogP) is 5.50. The van der Waals surface area contributed by atoms with Crippen molar-refractivity contribution in [2.75, 3.05) is 18.0 Å². The van der Waals surface area contributed by atoms with Gasteiger partial charge < -0.3 is 9.64 Å². The second-order valence-electron chi connectivity index (χ2n) is 7.77. The van der Waals surface area contributed by atoms with Crippen LogP contribution in [0.4, 0.5) is 5.95 Å². The van der Waals surface area contributed by atoms with E-state index in [1.54, 1.807) is 23.1 Å². The van der Waals surface area contributed by atoms with E-state index < -0.39 is 0 Å². The largest absolute Gasteiger partial charge is 0.486 e. The monoisotopic (exact) mass is 463 g/mol. The van der Waals surface area contributed by atoms with E-state index in [2.05, 4.69) is 56.2 Å². The number of aromatic nitrogens is 4. The van der Waals surface area contributed by atoms with Crippen molar-refractivity contribution in [1.29, 1.82) is 0 Å². The molecular weight excluding hydrogens is 438 g/mol. The highest BCUT2D eigenvalue weighted by Gasteiger charge is 2.22. The van der Waals surface area contributed by atoms with Crippen molar-refractivity contribution < 1.29 is 4.74 Å². The van der Waals surface area contributed by atoms with Gasteiger partial charge in [0, 0.05) is 24.2 Å². The van der Waals surface area contributed by atoms with E-state index in [9.17, 15) is 0 Å². The Morgan fingerprint density at radius 3 is 2.56 bits per heavy atom. The minimum atomic E-state index is 0.484. The Labute approximate surface area is 196 Å². The van der Waals surface area contributed by atoms with E-state index in [1.807, 2.05) is 30.3 Å². The van der Waals surface area contributed by atoms with Crippen LogP contribution in [-0.2, 0) is 12.4 Å². The van der Waals surface area contributed by atoms with Gasteiger partial charge in [0.2, 0.25) is 5.95 Å². The van der Waals surface area contributed by atoms with Crippen LogP contribution >= 0.6 is 23.1 Å². The van der Waals surface area contributed by atoms with Crippen molar-refractivity contribution >= 4 is 29.0 Å². The maximum Gasteiger partial charge on any atom is 0.232 e. The molecule has 4 aromatic rings. The first-order chi connectivity index (χ1) is 15.8. The first-order valence-electron chi connectivity index (χ1n) is 10.8. The Bertz CT molecular complexity index is 1150. The first-order valence-corrected chi connectivity index (χ1v) is 12.6. The quantitative estimate of drug-likeness (QED) is 0.322. The maximum atomic E-state index is 5.82. The highest BCUT2D eigenvalue weighted by atomic mass is 32.2. The summed E-state index contributed by atoms with van der Waals surface area (Å²) in [6.45, 7) is 4.66. The summed E-state index contributed by atoms with van der Waals surface area (Å²) in [6, 6.07) is 18.4. The fourth-order valence-electron chi connectivity index (χ4n) is 3.68. The van der Waals surface area contributed by atoms with Gasteiger partial charge in [0.25, 0.3) is 0 Å². The highest BCUT2D eigenvalue weighted by Crippen LogP contribution is 2.30. The minimum absolute atomic E-state index is 0.484. The molecule has 5 rings (SSSR count). The summed E-state index contributed by atoms with van der Waals surface area (Å²) in [6.07, 6.45) is 2.41. The lowest BCUT2D eigenvalue weighted by atomic mass is 10.2. The highest BCUT2D eigenvalue weighted by molar-refractivity contribution is 7.98. The lowest BCUT2D eigenvalue weighted by Crippen LogP contribution is -2.22. The molecule has 0 bridgehead atoms. The zero-order chi connectivity index (χ0) is 21.8. The topological polar surface area (TPSA) is 56.1 Å². The van der Waals surface area contributed by atoms with Crippen molar-refractivity contribution in [3.63, 3.8) is 0 Å². The molecule has 2 aromatic carbocycles. The second kappa shape index (κ2) is 9.75. The van der Waals surface area contributed by atoms with Crippen molar-refractivity contribution in [2.24, 2.45) is 0 Å². The van der Waals surface area contributed by atoms with E-state index in [0.29, 0.717) is 6.61 Å². The Morgan fingerprint density at radius 1 is 1.00 bits per heavy atom. The molecule has 1 aliphatic rings. The minimum Gasteiger partial charge on any atom is -0.486 e. The third-order valence-corrected chi connectivity index (χ3v) is 7.18. The summed E-state index contributed by atoms with van der Waals surface area (Å²) >= 11 is 3.30. The summed E-state index contributed by atoms with van der Waals surface area (Å²) in [5.74, 6) is 2.54. The van der Waals surface area contributed by atoms with Gasteiger partial charge in [-0.2, -0.15) is 0 Å². The second-order valence-corrected chi connectivity index (χ2v) is 9.66. The number of para-hydroxylation sites is 1. The normalized spacial score (nSPS) is 13.6. The van der Waals surface area contributed by atoms with Gasteiger partial charge in [0.15, 0.2) is 5.16 Å². The smallest absolute Gasteiger partial charge is 0.232 e. The Balaban J connectivity index is 1.30. The number of nitrogens with zero attached hydrogens (tertiary/aromatic N) is 5. The molecule has 6 nitrogen and oxygen atoms in total. The molecule has 0 aliphatic carbocycles. The SMILES string of the molecule is Cc1ccc(-n2c(SCc3csc(COc4ccccc4)n3)nnc2N2CCCC2)cc1.